The predicted octanol–water partition coefficient (Wildman–Crippen LogP) is 3.99. The molecule has 0 aromatic carbocycles. The Morgan fingerprint density at radius 3 is 2.23 bits per heavy atom. The Kier molecular flexibility index (Phi) is 5.12. The van der Waals surface area contributed by atoms with Gasteiger partial charge in [0.25, 0.3) is 0 Å². The smallest absolute Gasteiger partial charge is 0.0989 e. The number of aryl methyl sites for hydroxylation is 1. The summed E-state index contributed by atoms with van der Waals surface area (Å²) >= 11 is 0. The quantitative estimate of drug-likeness (QED) is 0.677. The van der Waals surface area contributed by atoms with Gasteiger partial charge in [-0.1, -0.05) is 13.8 Å². The van der Waals surface area contributed by atoms with Gasteiger partial charge in [0.15, 0.2) is 0 Å². The molecule has 0 aliphatic carbocycles. The van der Waals surface area contributed by atoms with Gasteiger partial charge in [-0.15, -0.1) is 0 Å². The van der Waals surface area contributed by atoms with Gasteiger partial charge in [0, 0.05) is 11.9 Å². The number of nitrogens with one attached hydrogen (secondary N) is 1. The lowest BCUT2D eigenvalue weighted by molar-refractivity contribution is 0.648. The van der Waals surface area contributed by atoms with Gasteiger partial charge in [0.1, 0.15) is 0 Å². The maximum absolute atomic E-state index is 12.4. The van der Waals surface area contributed by atoms with E-state index in [2.05, 4.69) is 4.98 Å². The predicted molar refractivity (Wildman–Crippen MR) is 56.4 cm³/mol. The second-order valence-corrected chi connectivity index (χ2v) is 2.74. The van der Waals surface area contributed by atoms with Gasteiger partial charge in [0.2, 0.25) is 0 Å². The first kappa shape index (κ1) is 11.9. The lowest BCUT2D eigenvalue weighted by Crippen LogP contribution is -1.76. The van der Waals surface area contributed by atoms with Crippen LogP contribution in [0.15, 0.2) is 12.0 Å². The summed E-state index contributed by atoms with van der Waals surface area (Å²) in [6, 6.07) is 0. The molecular formula is C11H18FN. The lowest BCUT2D eigenvalue weighted by atomic mass is 10.2. The number of rotatable bonds is 1. The topological polar surface area (TPSA) is 15.8 Å². The number of H-pyrrole nitrogens is 1. The number of allylic oxidation sites excluding steroid dienone is 1. The van der Waals surface area contributed by atoms with Crippen LogP contribution >= 0.6 is 0 Å². The minimum Gasteiger partial charge on any atom is -0.361 e. The summed E-state index contributed by atoms with van der Waals surface area (Å²) in [7, 11) is 0. The second-order valence-electron chi connectivity index (χ2n) is 2.74. The maximum atomic E-state index is 12.4. The molecule has 1 nitrogen and oxygen atoms in total. The Balaban J connectivity index is 0.000000671. The van der Waals surface area contributed by atoms with Crippen molar-refractivity contribution in [1.82, 2.24) is 4.98 Å². The minimum absolute atomic E-state index is 0.171. The molecule has 0 aliphatic rings. The standard InChI is InChI=1S/C9H12FN.C2H6/c1-6-5-11-9(8(6)3)4-7(2)10;1-2/h4-5,11H,1-3H3;1-2H3/b7-4+;. The van der Waals surface area contributed by atoms with E-state index in [1.165, 1.54) is 13.0 Å². The van der Waals surface area contributed by atoms with Crippen LogP contribution in [-0.2, 0) is 0 Å². The molecule has 74 valence electrons. The Hall–Kier alpha value is -1.05. The number of hydrogen-bond acceptors (Lipinski definition) is 0. The molecular weight excluding hydrogens is 165 g/mol. The third-order valence-electron chi connectivity index (χ3n) is 1.78. The van der Waals surface area contributed by atoms with Crippen molar-refractivity contribution in [3.63, 3.8) is 0 Å². The zero-order chi connectivity index (χ0) is 10.4. The van der Waals surface area contributed by atoms with Crippen LogP contribution in [0.3, 0.4) is 0 Å². The van der Waals surface area contributed by atoms with Crippen LogP contribution in [0.5, 0.6) is 0 Å². The number of hydrogen-bond donors (Lipinski definition) is 1. The molecule has 0 spiro atoms. The fourth-order valence-corrected chi connectivity index (χ4v) is 0.964. The van der Waals surface area contributed by atoms with Gasteiger partial charge in [0.05, 0.1) is 5.83 Å². The molecule has 1 heterocycles. The maximum Gasteiger partial charge on any atom is 0.0989 e. The monoisotopic (exact) mass is 183 g/mol. The van der Waals surface area contributed by atoms with Gasteiger partial charge in [-0.05, 0) is 38.0 Å². The van der Waals surface area contributed by atoms with Gasteiger partial charge < -0.3 is 4.98 Å². The van der Waals surface area contributed by atoms with Crippen molar-refractivity contribution in [1.29, 1.82) is 0 Å². The summed E-state index contributed by atoms with van der Waals surface area (Å²) in [5.41, 5.74) is 3.14. The van der Waals surface area contributed by atoms with E-state index >= 15 is 0 Å². The molecule has 1 rings (SSSR count). The first-order chi connectivity index (χ1) is 6.11. The third kappa shape index (κ3) is 3.45. The van der Waals surface area contributed by atoms with Crippen molar-refractivity contribution in [2.45, 2.75) is 34.6 Å². The SMILES string of the molecule is C/C(F)=C\c1[nH]cc(C)c1C.CC. The molecule has 0 atom stereocenters. The summed E-state index contributed by atoms with van der Waals surface area (Å²) in [5, 5.41) is 0. The van der Waals surface area contributed by atoms with Crippen molar-refractivity contribution in [3.8, 4) is 0 Å². The Labute approximate surface area is 79.7 Å². The van der Waals surface area contributed by atoms with Crippen molar-refractivity contribution in [2.75, 3.05) is 0 Å². The molecule has 0 radical (unpaired) electrons. The molecule has 0 fully saturated rings. The van der Waals surface area contributed by atoms with Gasteiger partial charge in [-0.3, -0.25) is 0 Å². The summed E-state index contributed by atoms with van der Waals surface area (Å²) in [6.07, 6.45) is 3.38. The highest BCUT2D eigenvalue weighted by Crippen LogP contribution is 2.14. The van der Waals surface area contributed by atoms with Gasteiger partial charge >= 0.3 is 0 Å². The Bertz CT molecular complexity index is 280. The van der Waals surface area contributed by atoms with Crippen LogP contribution in [0.25, 0.3) is 6.08 Å². The van der Waals surface area contributed by atoms with Gasteiger partial charge in [-0.2, -0.15) is 0 Å². The van der Waals surface area contributed by atoms with Crippen LogP contribution < -0.4 is 0 Å². The van der Waals surface area contributed by atoms with Crippen molar-refractivity contribution >= 4 is 6.08 Å². The van der Waals surface area contributed by atoms with E-state index in [0.717, 1.165) is 16.8 Å². The fourth-order valence-electron chi connectivity index (χ4n) is 0.964. The normalized spacial score (nSPS) is 10.8. The number of aromatic amines is 1. The fraction of sp³-hybridized carbons (Fsp3) is 0.455. The second kappa shape index (κ2) is 5.57. The number of halogens is 1. The lowest BCUT2D eigenvalue weighted by Gasteiger charge is -1.91. The molecule has 0 aliphatic heterocycles. The van der Waals surface area contributed by atoms with Crippen LogP contribution in [0.4, 0.5) is 4.39 Å². The van der Waals surface area contributed by atoms with Crippen LogP contribution in [-0.4, -0.2) is 4.98 Å². The minimum atomic E-state index is -0.171. The zero-order valence-corrected chi connectivity index (χ0v) is 9.03. The highest BCUT2D eigenvalue weighted by atomic mass is 19.1. The largest absolute Gasteiger partial charge is 0.361 e. The van der Waals surface area contributed by atoms with E-state index in [-0.39, 0.29) is 5.83 Å². The van der Waals surface area contributed by atoms with E-state index < -0.39 is 0 Å². The van der Waals surface area contributed by atoms with Crippen LogP contribution in [0, 0.1) is 13.8 Å². The molecule has 2 heteroatoms. The van der Waals surface area contributed by atoms with Crippen molar-refractivity contribution in [2.24, 2.45) is 0 Å². The molecule has 0 unspecified atom stereocenters. The highest BCUT2D eigenvalue weighted by Gasteiger charge is 1.99. The molecule has 13 heavy (non-hydrogen) atoms. The Morgan fingerprint density at radius 2 is 1.92 bits per heavy atom. The average Bonchev–Trinajstić information content (AvgIpc) is 2.39. The van der Waals surface area contributed by atoms with Crippen molar-refractivity contribution < 1.29 is 4.39 Å². The summed E-state index contributed by atoms with van der Waals surface area (Å²) < 4.78 is 12.4. The molecule has 1 aromatic rings. The van der Waals surface area contributed by atoms with E-state index in [4.69, 9.17) is 0 Å². The molecule has 0 saturated carbocycles. The molecule has 0 bridgehead atoms. The summed E-state index contributed by atoms with van der Waals surface area (Å²) in [5.74, 6) is -0.171. The summed E-state index contributed by atoms with van der Waals surface area (Å²) in [4.78, 5) is 2.99. The molecule has 1 N–H and O–H groups in total. The van der Waals surface area contributed by atoms with E-state index in [1.807, 2.05) is 33.9 Å². The first-order valence-electron chi connectivity index (χ1n) is 4.59. The van der Waals surface area contributed by atoms with Crippen LogP contribution in [0.1, 0.15) is 37.6 Å². The van der Waals surface area contributed by atoms with Crippen LogP contribution in [0.2, 0.25) is 0 Å². The average molecular weight is 183 g/mol. The van der Waals surface area contributed by atoms with Crippen molar-refractivity contribution in [3.05, 3.63) is 28.8 Å². The summed E-state index contributed by atoms with van der Waals surface area (Å²) in [6.45, 7) is 9.41. The van der Waals surface area contributed by atoms with E-state index in [9.17, 15) is 4.39 Å². The van der Waals surface area contributed by atoms with E-state index in [0.29, 0.717) is 0 Å². The number of aromatic nitrogens is 1. The first-order valence-corrected chi connectivity index (χ1v) is 4.59. The molecule has 0 saturated heterocycles. The molecule has 0 amide bonds. The third-order valence-corrected chi connectivity index (χ3v) is 1.78. The van der Waals surface area contributed by atoms with Gasteiger partial charge in [-0.25, -0.2) is 4.39 Å². The Morgan fingerprint density at radius 1 is 1.38 bits per heavy atom. The van der Waals surface area contributed by atoms with E-state index in [1.54, 1.807) is 0 Å². The highest BCUT2D eigenvalue weighted by molar-refractivity contribution is 5.52. The zero-order valence-electron chi connectivity index (χ0n) is 9.03. The molecule has 1 aromatic heterocycles.